The van der Waals surface area contributed by atoms with E-state index in [1.807, 2.05) is 0 Å². The minimum Gasteiger partial charge on any atom is -0.309 e. The molecule has 3 heteroatoms. The first-order valence-electron chi connectivity index (χ1n) is 3.50. The van der Waals surface area contributed by atoms with E-state index in [1.165, 1.54) is 0 Å². The predicted octanol–water partition coefficient (Wildman–Crippen LogP) is 0.720. The second-order valence-electron chi connectivity index (χ2n) is 2.34. The van der Waals surface area contributed by atoms with Crippen LogP contribution in [0.25, 0.3) is 0 Å². The Morgan fingerprint density at radius 3 is 2.50 bits per heavy atom. The number of carbonyl (C=O) groups excluding carboxylic acids is 1. The number of rotatable bonds is 2. The highest BCUT2D eigenvalue weighted by Crippen LogP contribution is 2.01. The highest BCUT2D eigenvalue weighted by molar-refractivity contribution is 6.01. The van der Waals surface area contributed by atoms with Crippen molar-refractivity contribution < 1.29 is 4.79 Å². The van der Waals surface area contributed by atoms with Gasteiger partial charge in [-0.2, -0.15) is 5.26 Å². The van der Waals surface area contributed by atoms with Crippen LogP contribution < -0.4 is 5.73 Å². The highest BCUT2D eigenvalue weighted by atomic mass is 16.1. The van der Waals surface area contributed by atoms with Crippen LogP contribution in [0.2, 0.25) is 0 Å². The predicted molar refractivity (Wildman–Crippen MR) is 44.4 cm³/mol. The maximum absolute atomic E-state index is 11.2. The molecule has 1 aromatic carbocycles. The molecule has 0 aliphatic rings. The van der Waals surface area contributed by atoms with E-state index in [9.17, 15) is 4.79 Å². The molecule has 0 saturated carbocycles. The van der Waals surface area contributed by atoms with Gasteiger partial charge in [-0.1, -0.05) is 30.3 Å². The van der Waals surface area contributed by atoms with E-state index in [0.29, 0.717) is 5.56 Å². The van der Waals surface area contributed by atoms with Crippen LogP contribution in [0.15, 0.2) is 30.3 Å². The Kier molecular flexibility index (Phi) is 2.57. The molecule has 60 valence electrons. The molecule has 1 aromatic rings. The van der Waals surface area contributed by atoms with E-state index in [-0.39, 0.29) is 5.78 Å². The van der Waals surface area contributed by atoms with Gasteiger partial charge in [0.2, 0.25) is 0 Å². The van der Waals surface area contributed by atoms with Gasteiger partial charge < -0.3 is 5.73 Å². The number of hydrogen-bond acceptors (Lipinski definition) is 3. The highest BCUT2D eigenvalue weighted by Gasteiger charge is 2.13. The molecule has 0 saturated heterocycles. The first kappa shape index (κ1) is 8.44. The van der Waals surface area contributed by atoms with Crippen LogP contribution in [0.4, 0.5) is 0 Å². The minimum atomic E-state index is -1.05. The minimum absolute atomic E-state index is 0.335. The molecule has 0 heterocycles. The molecule has 12 heavy (non-hydrogen) atoms. The summed E-state index contributed by atoms with van der Waals surface area (Å²) in [4.78, 5) is 11.2. The largest absolute Gasteiger partial charge is 0.309 e. The molecule has 0 radical (unpaired) electrons. The Morgan fingerprint density at radius 1 is 1.42 bits per heavy atom. The first-order chi connectivity index (χ1) is 5.75. The Morgan fingerprint density at radius 2 is 2.00 bits per heavy atom. The van der Waals surface area contributed by atoms with Crippen molar-refractivity contribution in [3.63, 3.8) is 0 Å². The fourth-order valence-corrected chi connectivity index (χ4v) is 0.841. The SMILES string of the molecule is N#CC(N)C(=O)c1ccccc1. The maximum Gasteiger partial charge on any atom is 0.193 e. The zero-order valence-corrected chi connectivity index (χ0v) is 6.40. The van der Waals surface area contributed by atoms with Crippen LogP contribution in [0.5, 0.6) is 0 Å². The van der Waals surface area contributed by atoms with E-state index in [4.69, 9.17) is 11.0 Å². The van der Waals surface area contributed by atoms with Crippen molar-refractivity contribution in [2.45, 2.75) is 6.04 Å². The standard InChI is InChI=1S/C9H8N2O/c10-6-8(11)9(12)7-4-2-1-3-5-7/h1-5,8H,11H2. The molecule has 0 amide bonds. The fourth-order valence-electron chi connectivity index (χ4n) is 0.841. The number of Topliss-reactive ketones (excluding diaryl/α,β-unsaturated/α-hetero) is 1. The molecule has 1 atom stereocenters. The monoisotopic (exact) mass is 160 g/mol. The third-order valence-electron chi connectivity index (χ3n) is 1.48. The Labute approximate surface area is 70.4 Å². The molecule has 3 nitrogen and oxygen atoms in total. The Balaban J connectivity index is 2.88. The maximum atomic E-state index is 11.2. The number of ketones is 1. The Bertz CT molecular complexity index is 313. The smallest absolute Gasteiger partial charge is 0.193 e. The number of hydrogen-bond donors (Lipinski definition) is 1. The van der Waals surface area contributed by atoms with Gasteiger partial charge in [-0.15, -0.1) is 0 Å². The molecule has 0 spiro atoms. The Hall–Kier alpha value is -1.66. The van der Waals surface area contributed by atoms with Crippen molar-refractivity contribution in [3.8, 4) is 6.07 Å². The number of carbonyl (C=O) groups is 1. The quantitative estimate of drug-likeness (QED) is 0.648. The lowest BCUT2D eigenvalue weighted by atomic mass is 10.1. The van der Waals surface area contributed by atoms with E-state index >= 15 is 0 Å². The summed E-state index contributed by atoms with van der Waals surface area (Å²) in [6, 6.07) is 9.19. The van der Waals surface area contributed by atoms with Crippen molar-refractivity contribution in [3.05, 3.63) is 35.9 Å². The zero-order valence-electron chi connectivity index (χ0n) is 6.40. The topological polar surface area (TPSA) is 66.9 Å². The summed E-state index contributed by atoms with van der Waals surface area (Å²) in [6.45, 7) is 0. The van der Waals surface area contributed by atoms with Crippen molar-refractivity contribution in [1.29, 1.82) is 5.26 Å². The van der Waals surface area contributed by atoms with Crippen LogP contribution in [-0.4, -0.2) is 11.8 Å². The van der Waals surface area contributed by atoms with Gasteiger partial charge in [0.15, 0.2) is 11.8 Å². The summed E-state index contributed by atoms with van der Waals surface area (Å²) in [6.07, 6.45) is 0. The molecule has 0 bridgehead atoms. The van der Waals surface area contributed by atoms with Crippen LogP contribution in [0.1, 0.15) is 10.4 Å². The lowest BCUT2D eigenvalue weighted by Gasteiger charge is -2.00. The average Bonchev–Trinajstić information content (AvgIpc) is 2.17. The summed E-state index contributed by atoms with van der Waals surface area (Å²) >= 11 is 0. The molecular weight excluding hydrogens is 152 g/mol. The van der Waals surface area contributed by atoms with E-state index < -0.39 is 6.04 Å². The van der Waals surface area contributed by atoms with Gasteiger partial charge in [0.25, 0.3) is 0 Å². The summed E-state index contributed by atoms with van der Waals surface area (Å²) in [5.41, 5.74) is 5.72. The normalized spacial score (nSPS) is 11.7. The van der Waals surface area contributed by atoms with Crippen LogP contribution in [-0.2, 0) is 0 Å². The molecule has 0 fully saturated rings. The van der Waals surface area contributed by atoms with Crippen molar-refractivity contribution in [2.24, 2.45) is 5.73 Å². The van der Waals surface area contributed by atoms with Crippen molar-refractivity contribution in [2.75, 3.05) is 0 Å². The lowest BCUT2D eigenvalue weighted by molar-refractivity contribution is 0.0980. The van der Waals surface area contributed by atoms with Crippen molar-refractivity contribution >= 4 is 5.78 Å². The van der Waals surface area contributed by atoms with E-state index in [1.54, 1.807) is 36.4 Å². The van der Waals surface area contributed by atoms with Gasteiger partial charge in [-0.05, 0) is 0 Å². The molecule has 1 unspecified atom stereocenters. The number of nitrogens with zero attached hydrogens (tertiary/aromatic N) is 1. The van der Waals surface area contributed by atoms with Gasteiger partial charge in [-0.25, -0.2) is 0 Å². The molecule has 2 N–H and O–H groups in total. The summed E-state index contributed by atoms with van der Waals surface area (Å²) in [7, 11) is 0. The van der Waals surface area contributed by atoms with E-state index in [2.05, 4.69) is 0 Å². The van der Waals surface area contributed by atoms with Crippen LogP contribution in [0.3, 0.4) is 0 Å². The third-order valence-corrected chi connectivity index (χ3v) is 1.48. The second-order valence-corrected chi connectivity index (χ2v) is 2.34. The second kappa shape index (κ2) is 3.65. The summed E-state index contributed by atoms with van der Waals surface area (Å²) in [5.74, 6) is -0.335. The van der Waals surface area contributed by atoms with Gasteiger partial charge in [0, 0.05) is 5.56 Å². The molecule has 0 aromatic heterocycles. The number of nitriles is 1. The summed E-state index contributed by atoms with van der Waals surface area (Å²) in [5, 5.41) is 8.37. The van der Waals surface area contributed by atoms with Crippen LogP contribution in [0, 0.1) is 11.3 Å². The lowest BCUT2D eigenvalue weighted by Crippen LogP contribution is -2.28. The third kappa shape index (κ3) is 1.68. The average molecular weight is 160 g/mol. The molecule has 0 aliphatic heterocycles. The summed E-state index contributed by atoms with van der Waals surface area (Å²) < 4.78 is 0. The fraction of sp³-hybridized carbons (Fsp3) is 0.111. The molecule has 0 aliphatic carbocycles. The van der Waals surface area contributed by atoms with Gasteiger partial charge >= 0.3 is 0 Å². The van der Waals surface area contributed by atoms with Gasteiger partial charge in [0.05, 0.1) is 6.07 Å². The molecule has 1 rings (SSSR count). The van der Waals surface area contributed by atoms with Crippen LogP contribution >= 0.6 is 0 Å². The first-order valence-corrected chi connectivity index (χ1v) is 3.50. The number of nitrogens with two attached hydrogens (primary N) is 1. The van der Waals surface area contributed by atoms with Gasteiger partial charge in [-0.3, -0.25) is 4.79 Å². The van der Waals surface area contributed by atoms with E-state index in [0.717, 1.165) is 0 Å². The number of benzene rings is 1. The van der Waals surface area contributed by atoms with Crippen molar-refractivity contribution in [1.82, 2.24) is 0 Å². The zero-order chi connectivity index (χ0) is 8.97. The van der Waals surface area contributed by atoms with Gasteiger partial charge in [0.1, 0.15) is 0 Å². The molecular formula is C9H8N2O.